The van der Waals surface area contributed by atoms with Gasteiger partial charge >= 0.3 is 0 Å². The van der Waals surface area contributed by atoms with Crippen LogP contribution in [0.25, 0.3) is 0 Å². The van der Waals surface area contributed by atoms with Crippen molar-refractivity contribution in [2.75, 3.05) is 22.9 Å². The lowest BCUT2D eigenvalue weighted by Gasteiger charge is -2.24. The van der Waals surface area contributed by atoms with Gasteiger partial charge in [0.2, 0.25) is 10.0 Å². The number of hydrogen-bond donors (Lipinski definition) is 2. The van der Waals surface area contributed by atoms with Gasteiger partial charge in [0.05, 0.1) is 11.9 Å². The number of carbonyl (C=O) groups excluding carboxylic acids is 1. The smallest absolute Gasteiger partial charge is 0.262 e. The number of sulfonamides is 1. The predicted octanol–water partition coefficient (Wildman–Crippen LogP) is 5.09. The molecule has 3 rings (SSSR count). The fraction of sp³-hybridized carbons (Fsp3) is 0.409. The third-order valence-corrected chi connectivity index (χ3v) is 6.02. The van der Waals surface area contributed by atoms with Crippen LogP contribution in [0.4, 0.5) is 11.4 Å². The van der Waals surface area contributed by atoms with Gasteiger partial charge in [0, 0.05) is 10.7 Å². The molecule has 0 atom stereocenters. The number of halogens is 1. The van der Waals surface area contributed by atoms with E-state index in [0.717, 1.165) is 30.2 Å². The zero-order valence-electron chi connectivity index (χ0n) is 17.2. The molecule has 8 heteroatoms. The van der Waals surface area contributed by atoms with Crippen molar-refractivity contribution in [2.45, 2.75) is 44.9 Å². The van der Waals surface area contributed by atoms with E-state index in [4.69, 9.17) is 16.3 Å². The summed E-state index contributed by atoms with van der Waals surface area (Å²) < 4.78 is 31.3. The minimum Gasteiger partial charge on any atom is -0.483 e. The number of hydrogen-bond acceptors (Lipinski definition) is 4. The first-order valence-electron chi connectivity index (χ1n) is 10.0. The Balaban J connectivity index is 1.66. The second-order valence-corrected chi connectivity index (χ2v) is 9.94. The maximum Gasteiger partial charge on any atom is 0.262 e. The van der Waals surface area contributed by atoms with E-state index >= 15 is 0 Å². The fourth-order valence-electron chi connectivity index (χ4n) is 3.73. The van der Waals surface area contributed by atoms with Crippen LogP contribution < -0.4 is 14.8 Å². The Morgan fingerprint density at radius 3 is 2.57 bits per heavy atom. The SMILES string of the molecule is Cc1ccc(NC(=O)COc2ccc(Cl)cc2C2CCCCC2)cc1NS(C)(=O)=O. The zero-order valence-corrected chi connectivity index (χ0v) is 18.8. The molecular formula is C22H27ClN2O4S. The Kier molecular flexibility index (Phi) is 7.26. The number of ether oxygens (including phenoxy) is 1. The lowest BCUT2D eigenvalue weighted by Crippen LogP contribution is -2.21. The third-order valence-electron chi connectivity index (χ3n) is 5.19. The molecule has 1 aliphatic carbocycles. The largest absolute Gasteiger partial charge is 0.483 e. The maximum atomic E-state index is 12.4. The lowest BCUT2D eigenvalue weighted by atomic mass is 9.84. The van der Waals surface area contributed by atoms with Crippen LogP contribution in [0.2, 0.25) is 5.02 Å². The summed E-state index contributed by atoms with van der Waals surface area (Å²) in [6.45, 7) is 1.64. The second kappa shape index (κ2) is 9.71. The molecule has 1 aliphatic rings. The Bertz CT molecular complexity index is 1020. The lowest BCUT2D eigenvalue weighted by molar-refractivity contribution is -0.118. The van der Waals surface area contributed by atoms with Gasteiger partial charge in [-0.2, -0.15) is 0 Å². The van der Waals surface area contributed by atoms with Gasteiger partial charge in [-0.3, -0.25) is 9.52 Å². The van der Waals surface area contributed by atoms with Gasteiger partial charge in [0.25, 0.3) is 5.91 Å². The number of rotatable bonds is 7. The number of anilines is 2. The third kappa shape index (κ3) is 6.37. The summed E-state index contributed by atoms with van der Waals surface area (Å²) in [6.07, 6.45) is 6.91. The molecule has 0 bridgehead atoms. The van der Waals surface area contributed by atoms with Crippen LogP contribution in [0.3, 0.4) is 0 Å². The molecule has 6 nitrogen and oxygen atoms in total. The van der Waals surface area contributed by atoms with E-state index in [-0.39, 0.29) is 12.5 Å². The topological polar surface area (TPSA) is 84.5 Å². The number of amides is 1. The summed E-state index contributed by atoms with van der Waals surface area (Å²) >= 11 is 6.20. The first-order chi connectivity index (χ1) is 14.2. The zero-order chi connectivity index (χ0) is 21.7. The molecule has 0 unspecified atom stereocenters. The van der Waals surface area contributed by atoms with E-state index in [1.165, 1.54) is 19.3 Å². The highest BCUT2D eigenvalue weighted by Gasteiger charge is 2.20. The van der Waals surface area contributed by atoms with E-state index in [2.05, 4.69) is 10.0 Å². The summed E-state index contributed by atoms with van der Waals surface area (Å²) in [5.41, 5.74) is 2.73. The number of carbonyl (C=O) groups is 1. The summed E-state index contributed by atoms with van der Waals surface area (Å²) in [6, 6.07) is 10.6. The summed E-state index contributed by atoms with van der Waals surface area (Å²) in [7, 11) is -3.41. The van der Waals surface area contributed by atoms with Crippen LogP contribution in [-0.2, 0) is 14.8 Å². The molecule has 0 spiro atoms. The van der Waals surface area contributed by atoms with Crippen LogP contribution in [0.1, 0.15) is 49.1 Å². The first-order valence-corrected chi connectivity index (χ1v) is 12.3. The monoisotopic (exact) mass is 450 g/mol. The van der Waals surface area contributed by atoms with Crippen LogP contribution in [0.5, 0.6) is 5.75 Å². The minimum absolute atomic E-state index is 0.149. The molecule has 1 amide bonds. The van der Waals surface area contributed by atoms with Gasteiger partial charge < -0.3 is 10.1 Å². The van der Waals surface area contributed by atoms with Gasteiger partial charge in [-0.15, -0.1) is 0 Å². The van der Waals surface area contributed by atoms with E-state index < -0.39 is 10.0 Å². The van der Waals surface area contributed by atoms with Crippen LogP contribution in [0.15, 0.2) is 36.4 Å². The van der Waals surface area contributed by atoms with Gasteiger partial charge in [-0.1, -0.05) is 36.9 Å². The van der Waals surface area contributed by atoms with Crippen molar-refractivity contribution >= 4 is 38.9 Å². The van der Waals surface area contributed by atoms with Gasteiger partial charge in [-0.05, 0) is 67.1 Å². The average Bonchev–Trinajstić information content (AvgIpc) is 2.69. The fourth-order valence-corrected chi connectivity index (χ4v) is 4.53. The number of aryl methyl sites for hydroxylation is 1. The first kappa shape index (κ1) is 22.4. The highest BCUT2D eigenvalue weighted by Crippen LogP contribution is 2.38. The maximum absolute atomic E-state index is 12.4. The van der Waals surface area contributed by atoms with Crippen LogP contribution in [-0.4, -0.2) is 27.2 Å². The highest BCUT2D eigenvalue weighted by molar-refractivity contribution is 7.92. The molecule has 1 saturated carbocycles. The average molecular weight is 451 g/mol. The van der Waals surface area contributed by atoms with E-state index in [0.29, 0.717) is 28.1 Å². The van der Waals surface area contributed by atoms with E-state index in [1.807, 2.05) is 12.1 Å². The Morgan fingerprint density at radius 2 is 1.87 bits per heavy atom. The minimum atomic E-state index is -3.41. The predicted molar refractivity (Wildman–Crippen MR) is 121 cm³/mol. The Labute approximate surface area is 183 Å². The van der Waals surface area contributed by atoms with Crippen molar-refractivity contribution in [1.29, 1.82) is 0 Å². The van der Waals surface area contributed by atoms with Crippen molar-refractivity contribution in [3.05, 3.63) is 52.5 Å². The normalized spacial score (nSPS) is 14.9. The van der Waals surface area contributed by atoms with Crippen molar-refractivity contribution in [1.82, 2.24) is 0 Å². The molecule has 2 N–H and O–H groups in total. The Hall–Kier alpha value is -2.25. The second-order valence-electron chi connectivity index (χ2n) is 7.76. The molecule has 0 radical (unpaired) electrons. The Morgan fingerprint density at radius 1 is 1.13 bits per heavy atom. The van der Waals surface area contributed by atoms with E-state index in [1.54, 1.807) is 31.2 Å². The highest BCUT2D eigenvalue weighted by atomic mass is 35.5. The van der Waals surface area contributed by atoms with Crippen LogP contribution >= 0.6 is 11.6 Å². The summed E-state index contributed by atoms with van der Waals surface area (Å²) in [5, 5.41) is 3.42. The number of nitrogens with one attached hydrogen (secondary N) is 2. The van der Waals surface area contributed by atoms with Gasteiger partial charge in [0.1, 0.15) is 5.75 Å². The molecule has 2 aromatic rings. The molecule has 1 fully saturated rings. The van der Waals surface area contributed by atoms with Gasteiger partial charge in [0.15, 0.2) is 6.61 Å². The van der Waals surface area contributed by atoms with Crippen molar-refractivity contribution < 1.29 is 17.9 Å². The molecular weight excluding hydrogens is 424 g/mol. The molecule has 0 saturated heterocycles. The van der Waals surface area contributed by atoms with E-state index in [9.17, 15) is 13.2 Å². The molecule has 162 valence electrons. The number of benzene rings is 2. The van der Waals surface area contributed by atoms with Gasteiger partial charge in [-0.25, -0.2) is 8.42 Å². The molecule has 0 aliphatic heterocycles. The van der Waals surface area contributed by atoms with Crippen molar-refractivity contribution in [3.8, 4) is 5.75 Å². The molecule has 30 heavy (non-hydrogen) atoms. The van der Waals surface area contributed by atoms with Crippen LogP contribution in [0, 0.1) is 6.92 Å². The van der Waals surface area contributed by atoms with Crippen molar-refractivity contribution in [2.24, 2.45) is 0 Å². The standard InChI is InChI=1S/C22H27ClN2O4S/c1-15-8-10-18(13-20(15)25-30(2,27)28)24-22(26)14-29-21-11-9-17(23)12-19(21)16-6-4-3-5-7-16/h8-13,16,25H,3-7,14H2,1-2H3,(H,24,26). The summed E-state index contributed by atoms with van der Waals surface area (Å²) in [4.78, 5) is 12.4. The summed E-state index contributed by atoms with van der Waals surface area (Å²) in [5.74, 6) is 0.760. The molecule has 2 aromatic carbocycles. The molecule has 0 heterocycles. The quantitative estimate of drug-likeness (QED) is 0.615. The molecule has 0 aromatic heterocycles. The van der Waals surface area contributed by atoms with Crippen molar-refractivity contribution in [3.63, 3.8) is 0 Å².